The third-order valence-electron chi connectivity index (χ3n) is 7.65. The summed E-state index contributed by atoms with van der Waals surface area (Å²) in [4.78, 5) is 31.2. The first-order chi connectivity index (χ1) is 16.4. The van der Waals surface area contributed by atoms with E-state index in [2.05, 4.69) is 36.1 Å². The minimum atomic E-state index is 0.00275. The molecule has 2 aromatic carbocycles. The van der Waals surface area contributed by atoms with Gasteiger partial charge in [0.25, 0.3) is 5.91 Å². The molecule has 0 spiro atoms. The molecule has 178 valence electrons. The van der Waals surface area contributed by atoms with Gasteiger partial charge in [-0.2, -0.15) is 0 Å². The van der Waals surface area contributed by atoms with Gasteiger partial charge in [-0.15, -0.1) is 11.8 Å². The summed E-state index contributed by atoms with van der Waals surface area (Å²) in [5, 5.41) is 0.969. The number of benzene rings is 2. The maximum absolute atomic E-state index is 13.4. The Balaban J connectivity index is 1.24. The van der Waals surface area contributed by atoms with Crippen molar-refractivity contribution in [3.05, 3.63) is 75.1 Å². The van der Waals surface area contributed by atoms with Crippen molar-refractivity contribution in [1.82, 2.24) is 9.80 Å². The van der Waals surface area contributed by atoms with Crippen LogP contribution in [-0.4, -0.2) is 53.0 Å². The molecule has 2 amide bonds. The summed E-state index contributed by atoms with van der Waals surface area (Å²) >= 11 is 7.98. The number of carbonyl (C=O) groups excluding carboxylic acids is 2. The smallest absolute Gasteiger partial charge is 0.260 e. The minimum Gasteiger partial charge on any atom is -0.342 e. The van der Waals surface area contributed by atoms with Crippen LogP contribution in [0.15, 0.2) is 53.4 Å². The second-order valence-electron chi connectivity index (χ2n) is 9.86. The highest BCUT2D eigenvalue weighted by molar-refractivity contribution is 8.04. The van der Waals surface area contributed by atoms with Crippen LogP contribution in [0.1, 0.15) is 48.3 Å². The fraction of sp³-hybridized carbons (Fsp3) is 0.429. The molecule has 2 aromatic rings. The van der Waals surface area contributed by atoms with Gasteiger partial charge < -0.3 is 9.80 Å². The number of aryl methyl sites for hydroxylation is 1. The van der Waals surface area contributed by atoms with Crippen LogP contribution < -0.4 is 0 Å². The van der Waals surface area contributed by atoms with Crippen molar-refractivity contribution in [3.8, 4) is 0 Å². The molecule has 0 bridgehead atoms. The lowest BCUT2D eigenvalue weighted by Gasteiger charge is -2.44. The highest BCUT2D eigenvalue weighted by Gasteiger charge is 2.44. The summed E-state index contributed by atoms with van der Waals surface area (Å²) in [6.07, 6.45) is 5.52. The zero-order chi connectivity index (χ0) is 23.8. The van der Waals surface area contributed by atoms with E-state index in [0.717, 1.165) is 49.2 Å². The topological polar surface area (TPSA) is 40.6 Å². The van der Waals surface area contributed by atoms with Gasteiger partial charge in [-0.3, -0.25) is 9.59 Å². The second-order valence-corrected chi connectivity index (χ2v) is 11.5. The zero-order valence-corrected chi connectivity index (χ0v) is 21.3. The summed E-state index contributed by atoms with van der Waals surface area (Å²) in [6, 6.07) is 16.4. The normalized spacial score (nSPS) is 28.3. The first-order valence-electron chi connectivity index (χ1n) is 12.2. The Kier molecular flexibility index (Phi) is 6.76. The van der Waals surface area contributed by atoms with Crippen molar-refractivity contribution >= 4 is 41.3 Å². The van der Waals surface area contributed by atoms with Gasteiger partial charge in [-0.25, -0.2) is 0 Å². The largest absolute Gasteiger partial charge is 0.342 e. The van der Waals surface area contributed by atoms with Gasteiger partial charge in [0.1, 0.15) is 0 Å². The number of hydrogen-bond acceptors (Lipinski definition) is 3. The Morgan fingerprint density at radius 3 is 2.62 bits per heavy atom. The molecule has 4 atom stereocenters. The molecule has 2 aliphatic heterocycles. The Bertz CT molecular complexity index is 1120. The van der Waals surface area contributed by atoms with Crippen LogP contribution in [0.5, 0.6) is 0 Å². The highest BCUT2D eigenvalue weighted by Crippen LogP contribution is 2.44. The Hall–Kier alpha value is -2.24. The predicted molar refractivity (Wildman–Crippen MR) is 140 cm³/mol. The van der Waals surface area contributed by atoms with Crippen molar-refractivity contribution < 1.29 is 9.59 Å². The van der Waals surface area contributed by atoms with Gasteiger partial charge in [0.15, 0.2) is 0 Å². The molecule has 0 radical (unpaired) electrons. The molecule has 0 N–H and O–H groups in total. The fourth-order valence-electron chi connectivity index (χ4n) is 5.58. The number of likely N-dealkylation sites (tertiary alicyclic amines) is 1. The summed E-state index contributed by atoms with van der Waals surface area (Å²) in [6.45, 7) is 3.74. The third kappa shape index (κ3) is 4.65. The number of fused-ring (bicyclic) bond motifs is 1. The number of amides is 2. The number of thioether (sulfide) groups is 1. The SMILES string of the molecule is Cc1ccc(C2CCN(C(=O)C3CCC4S/C(=C/c5ccccc5Cl)C(=O)N(C)C4C3)C2)cc1. The van der Waals surface area contributed by atoms with E-state index in [-0.39, 0.29) is 23.8 Å². The van der Waals surface area contributed by atoms with Crippen LogP contribution in [0, 0.1) is 12.8 Å². The van der Waals surface area contributed by atoms with Gasteiger partial charge in [0.05, 0.1) is 4.91 Å². The average Bonchev–Trinajstić information content (AvgIpc) is 3.34. The minimum absolute atomic E-state index is 0.00275. The number of hydrogen-bond donors (Lipinski definition) is 0. The predicted octanol–water partition coefficient (Wildman–Crippen LogP) is 5.75. The molecule has 5 rings (SSSR count). The lowest BCUT2D eigenvalue weighted by Crippen LogP contribution is -2.52. The summed E-state index contributed by atoms with van der Waals surface area (Å²) in [5.41, 5.74) is 3.46. The maximum Gasteiger partial charge on any atom is 0.260 e. The van der Waals surface area contributed by atoms with Crippen molar-refractivity contribution in [3.63, 3.8) is 0 Å². The first-order valence-corrected chi connectivity index (χ1v) is 13.4. The molecule has 3 aliphatic rings. The van der Waals surface area contributed by atoms with Crippen LogP contribution in [0.25, 0.3) is 6.08 Å². The zero-order valence-electron chi connectivity index (χ0n) is 19.7. The average molecular weight is 495 g/mol. The van der Waals surface area contributed by atoms with E-state index in [1.165, 1.54) is 11.1 Å². The highest BCUT2D eigenvalue weighted by atomic mass is 35.5. The van der Waals surface area contributed by atoms with E-state index < -0.39 is 0 Å². The number of halogens is 1. The maximum atomic E-state index is 13.4. The van der Waals surface area contributed by atoms with Crippen LogP contribution in [0.2, 0.25) is 5.02 Å². The van der Waals surface area contributed by atoms with E-state index in [0.29, 0.717) is 16.2 Å². The molecule has 6 heteroatoms. The van der Waals surface area contributed by atoms with Gasteiger partial charge in [0, 0.05) is 48.3 Å². The Labute approximate surface area is 211 Å². The van der Waals surface area contributed by atoms with Crippen LogP contribution in [0.3, 0.4) is 0 Å². The Morgan fingerprint density at radius 2 is 1.85 bits per heavy atom. The van der Waals surface area contributed by atoms with E-state index in [1.54, 1.807) is 11.8 Å². The molecule has 0 aromatic heterocycles. The quantitative estimate of drug-likeness (QED) is 0.510. The van der Waals surface area contributed by atoms with Crippen molar-refractivity contribution in [1.29, 1.82) is 0 Å². The van der Waals surface area contributed by atoms with Gasteiger partial charge in [-0.1, -0.05) is 59.6 Å². The van der Waals surface area contributed by atoms with Crippen LogP contribution in [-0.2, 0) is 9.59 Å². The monoisotopic (exact) mass is 494 g/mol. The third-order valence-corrected chi connectivity index (χ3v) is 9.39. The summed E-state index contributed by atoms with van der Waals surface area (Å²) < 4.78 is 0. The molecule has 3 fully saturated rings. The van der Waals surface area contributed by atoms with Crippen molar-refractivity contribution in [2.45, 2.75) is 49.8 Å². The lowest BCUT2D eigenvalue weighted by molar-refractivity contribution is -0.138. The van der Waals surface area contributed by atoms with E-state index >= 15 is 0 Å². The standard InChI is InChI=1S/C28H31ClN2O2S/c1-18-7-9-19(10-8-18)22-13-14-31(17-22)27(32)21-11-12-25-24(15-21)30(2)28(33)26(34-25)16-20-5-3-4-6-23(20)29/h3-10,16,21-22,24-25H,11-15,17H2,1-2H3/b26-16+. The van der Waals surface area contributed by atoms with Gasteiger partial charge in [0.2, 0.25) is 5.91 Å². The van der Waals surface area contributed by atoms with Crippen LogP contribution >= 0.6 is 23.4 Å². The van der Waals surface area contributed by atoms with E-state index in [1.807, 2.05) is 42.3 Å². The van der Waals surface area contributed by atoms with Gasteiger partial charge in [-0.05, 0) is 55.9 Å². The molecular formula is C28H31ClN2O2S. The molecule has 2 saturated heterocycles. The first kappa shape index (κ1) is 23.5. The van der Waals surface area contributed by atoms with Crippen molar-refractivity contribution in [2.75, 3.05) is 20.1 Å². The molecule has 1 aliphatic carbocycles. The number of nitrogens with zero attached hydrogens (tertiary/aromatic N) is 2. The lowest BCUT2D eigenvalue weighted by atomic mass is 9.83. The van der Waals surface area contributed by atoms with Gasteiger partial charge >= 0.3 is 0 Å². The number of rotatable bonds is 3. The summed E-state index contributed by atoms with van der Waals surface area (Å²) in [5.74, 6) is 0.729. The van der Waals surface area contributed by atoms with Crippen LogP contribution in [0.4, 0.5) is 0 Å². The molecule has 1 saturated carbocycles. The molecule has 2 heterocycles. The molecule has 4 nitrogen and oxygen atoms in total. The van der Waals surface area contributed by atoms with E-state index in [9.17, 15) is 9.59 Å². The second kappa shape index (κ2) is 9.79. The molecule has 34 heavy (non-hydrogen) atoms. The number of carbonyl (C=O) groups is 2. The summed E-state index contributed by atoms with van der Waals surface area (Å²) in [7, 11) is 1.89. The van der Waals surface area contributed by atoms with Crippen molar-refractivity contribution in [2.24, 2.45) is 5.92 Å². The molecule has 4 unspecified atom stereocenters. The fourth-order valence-corrected chi connectivity index (χ4v) is 7.25. The molecular weight excluding hydrogens is 464 g/mol. The number of likely N-dealkylation sites (N-methyl/N-ethyl adjacent to an activating group) is 1. The van der Waals surface area contributed by atoms with E-state index in [4.69, 9.17) is 11.6 Å². The Morgan fingerprint density at radius 1 is 1.09 bits per heavy atom.